The molecule has 12 aromatic carbocycles. The Balaban J connectivity index is 0.000000103. The molecule has 35 rings (SSSR count). The van der Waals surface area contributed by atoms with Crippen molar-refractivity contribution in [3.63, 3.8) is 0 Å². The first-order chi connectivity index (χ1) is 60.7. The maximum atomic E-state index is 6.51. The Bertz CT molecular complexity index is 6830. The number of hydrogen-bond acceptors (Lipinski definition) is 2. The van der Waals surface area contributed by atoms with Crippen LogP contribution in [-0.2, 0) is 31.0 Å². The summed E-state index contributed by atoms with van der Waals surface area (Å²) in [5.41, 5.74) is 36.4. The van der Waals surface area contributed by atoms with E-state index in [0.717, 1.165) is 105 Å². The van der Waals surface area contributed by atoms with Gasteiger partial charge in [0.1, 0.15) is 0 Å². The lowest BCUT2D eigenvalue weighted by Gasteiger charge is -2.61. The van der Waals surface area contributed by atoms with Gasteiger partial charge >= 0.3 is 7.12 Å². The maximum absolute atomic E-state index is 6.51. The predicted octanol–water partition coefficient (Wildman–Crippen LogP) is 29.4. The van der Waals surface area contributed by atoms with E-state index >= 15 is 0 Å². The van der Waals surface area contributed by atoms with Crippen LogP contribution in [0.5, 0.6) is 0 Å². The van der Waals surface area contributed by atoms with Crippen molar-refractivity contribution in [2.75, 3.05) is 0 Å². The minimum atomic E-state index is -0.387. The van der Waals surface area contributed by atoms with E-state index in [1.165, 1.54) is 239 Å². The zero-order valence-electron chi connectivity index (χ0n) is 72.3. The average molecular weight is 1650 g/mol. The van der Waals surface area contributed by atoms with E-state index in [1.807, 2.05) is 0 Å². The molecule has 14 aromatic rings. The van der Waals surface area contributed by atoms with Crippen LogP contribution >= 0.6 is 11.6 Å². The van der Waals surface area contributed by atoms with Crippen molar-refractivity contribution in [1.29, 1.82) is 0 Å². The van der Waals surface area contributed by atoms with E-state index < -0.39 is 0 Å². The number of benzene rings is 12. The van der Waals surface area contributed by atoms with Gasteiger partial charge in [0.25, 0.3) is 0 Å². The van der Waals surface area contributed by atoms with Crippen molar-refractivity contribution in [3.05, 3.63) is 304 Å². The van der Waals surface area contributed by atoms with Crippen molar-refractivity contribution in [3.8, 4) is 67.0 Å². The van der Waals surface area contributed by atoms with Crippen LogP contribution in [0, 0.1) is 94.7 Å². The second kappa shape index (κ2) is 26.2. The molecule has 0 atom stereocenters. The number of aromatic nitrogens is 2. The van der Waals surface area contributed by atoms with Crippen LogP contribution in [0.3, 0.4) is 0 Å². The molecule has 6 heteroatoms. The fourth-order valence-electron chi connectivity index (χ4n) is 34.8. The Morgan fingerprint density at radius 2 is 0.536 bits per heavy atom. The Labute approximate surface area is 743 Å². The highest BCUT2D eigenvalue weighted by Gasteiger charge is 2.67. The zero-order valence-corrected chi connectivity index (χ0v) is 73.1. The first-order valence-electron chi connectivity index (χ1n) is 48.7. The van der Waals surface area contributed by atoms with Crippen LogP contribution in [0.1, 0.15) is 208 Å². The summed E-state index contributed by atoms with van der Waals surface area (Å²) in [5, 5.41) is 6.17. The Kier molecular flexibility index (Phi) is 15.6. The molecule has 3 heterocycles. The molecule has 4 nitrogen and oxygen atoms in total. The van der Waals surface area contributed by atoms with Gasteiger partial charge in [-0.2, -0.15) is 0 Å². The molecule has 17 fully saturated rings. The van der Waals surface area contributed by atoms with E-state index in [2.05, 4.69) is 292 Å². The highest BCUT2D eigenvalue weighted by molar-refractivity contribution is 6.62. The normalized spacial score (nSPS) is 33.4. The third-order valence-electron chi connectivity index (χ3n) is 38.9. The van der Waals surface area contributed by atoms with E-state index in [4.69, 9.17) is 20.9 Å². The van der Waals surface area contributed by atoms with Gasteiger partial charge in [0.2, 0.25) is 0 Å². The summed E-state index contributed by atoms with van der Waals surface area (Å²) >= 11 is 6.46. The molecule has 1 saturated heterocycles. The van der Waals surface area contributed by atoms with E-state index in [0.29, 0.717) is 0 Å². The van der Waals surface area contributed by atoms with Crippen LogP contribution in [0.4, 0.5) is 0 Å². The average Bonchev–Trinajstić information content (AvgIpc) is 1.55. The van der Waals surface area contributed by atoms with Gasteiger partial charge in [-0.05, 0) is 423 Å². The molecule has 20 aliphatic carbocycles. The number of fused-ring (bicyclic) bond motifs is 18. The van der Waals surface area contributed by atoms with Crippen molar-refractivity contribution in [1.82, 2.24) is 9.13 Å². The molecule has 0 radical (unpaired) electrons. The molecule has 1 aliphatic heterocycles. The second-order valence-electron chi connectivity index (χ2n) is 44.6. The zero-order chi connectivity index (χ0) is 81.5. The lowest BCUT2D eigenvalue weighted by atomic mass is 9.43. The van der Waals surface area contributed by atoms with Gasteiger partial charge in [0.05, 0.1) is 33.3 Å². The van der Waals surface area contributed by atoms with Crippen LogP contribution < -0.4 is 5.46 Å². The van der Waals surface area contributed by atoms with Crippen LogP contribution in [0.25, 0.3) is 111 Å². The first kappa shape index (κ1) is 74.6. The summed E-state index contributed by atoms with van der Waals surface area (Å²) in [6, 6.07) is 99.3. The Morgan fingerprint density at radius 1 is 0.256 bits per heavy atom. The monoisotopic (exact) mass is 1650 g/mol. The number of rotatable bonds is 4. The van der Waals surface area contributed by atoms with Crippen LogP contribution in [0.15, 0.2) is 255 Å². The fraction of sp³-hybridized carbons (Fsp3) is 0.395. The van der Waals surface area contributed by atoms with Crippen molar-refractivity contribution in [2.45, 2.75) is 196 Å². The largest absolute Gasteiger partial charge is 0.494 e. The molecule has 0 unspecified atom stereocenters. The summed E-state index contributed by atoms with van der Waals surface area (Å²) in [7, 11) is -0.387. The highest BCUT2D eigenvalue weighted by atomic mass is 35.5. The summed E-state index contributed by atoms with van der Waals surface area (Å²) in [4.78, 5) is 0. The molecule has 21 aliphatic rings. The molecule has 2 aromatic heterocycles. The van der Waals surface area contributed by atoms with Crippen molar-refractivity contribution in [2.24, 2.45) is 94.7 Å². The van der Waals surface area contributed by atoms with Gasteiger partial charge in [-0.1, -0.05) is 207 Å². The smallest absolute Gasteiger partial charge is 0.399 e. The molecule has 125 heavy (non-hydrogen) atoms. The van der Waals surface area contributed by atoms with Gasteiger partial charge in [0.15, 0.2) is 0 Å². The van der Waals surface area contributed by atoms with E-state index in [9.17, 15) is 0 Å². The van der Waals surface area contributed by atoms with Gasteiger partial charge in [-0.15, -0.1) is 0 Å². The quantitative estimate of drug-likeness (QED) is 0.164. The van der Waals surface area contributed by atoms with E-state index in [-0.39, 0.29) is 47.4 Å². The molecule has 4 spiro atoms. The maximum Gasteiger partial charge on any atom is 0.494 e. The SMILES string of the molecule is C.CC1(C)OB(c2ccc3c4ccccc4n(-c4ccc5c(c4)C4(c6ccccc6-5)C5CC6CC(C5)CC4C6)c3c2)OC1(C)C.Clc1ccc2c(c1)C1(c3ccccc3-2)C2CC3CC(C2)CC1C3.c1ccc2c(c1)-c1ccc(-c3ccc4c5ccccc5n(-c5ccc6c(c5)C5(c7ccccc7-6)C6CC7CC(C6)CC5C7)c4c3)cc1C21C2CC3CC(C2)CC1C3. The lowest BCUT2D eigenvalue weighted by Crippen LogP contribution is -2.55. The molecular weight excluding hydrogens is 1540 g/mol. The van der Waals surface area contributed by atoms with Gasteiger partial charge < -0.3 is 18.4 Å². The third kappa shape index (κ3) is 9.75. The summed E-state index contributed by atoms with van der Waals surface area (Å²) in [6.45, 7) is 8.52. The third-order valence-corrected chi connectivity index (χ3v) is 39.1. The number of halogens is 1. The van der Waals surface area contributed by atoms with Crippen molar-refractivity contribution >= 4 is 67.8 Å². The molecule has 622 valence electrons. The van der Waals surface area contributed by atoms with Crippen LogP contribution in [0.2, 0.25) is 5.02 Å². The standard InChI is InChI=1S/C56H49N.C40H40BNO2.C22H21Cl.CH4/c1-4-10-49-43(7-1)45-16-13-36(29-51(45)55(49)38-21-32-19-33(23-38)24-39(55)22-32)37-14-17-48-47-9-3-6-12-53(47)57(54(48)30-37)42-15-18-46-44-8-2-5-11-50(44)56(52(46)31-42)40-25-34-20-35(27-40)28-41(56)26-34;1-38(2)39(3,4)44-41(43-38)28-13-15-33-32-10-6-8-12-36(32)42(37(33)22-28)29-14-16-31-30-9-5-7-11-34(30)40(35(31)23-29)26-18-24-17-25(20-26)21-27(40)19-24;23-17-5-6-19-18-3-1-2-4-20(18)22(21(19)12-17)15-8-13-7-14(10-15)11-16(22)9-13;/h1-18,29-35,38-41H,19-28H2;5-16,22-27H,17-21H2,1-4H3;1-6,12-16H,7-11H2;1H4. The summed E-state index contributed by atoms with van der Waals surface area (Å²) < 4.78 is 18.2. The first-order valence-corrected chi connectivity index (χ1v) is 49.1. The molecular formula is C119H114BClN2O2. The molecule has 0 amide bonds. The minimum Gasteiger partial charge on any atom is -0.399 e. The fourth-order valence-corrected chi connectivity index (χ4v) is 35.0. The predicted molar refractivity (Wildman–Crippen MR) is 514 cm³/mol. The molecule has 0 N–H and O–H groups in total. The van der Waals surface area contributed by atoms with Gasteiger partial charge in [0, 0.05) is 59.6 Å². The molecule has 16 bridgehead atoms. The highest BCUT2D eigenvalue weighted by Crippen LogP contribution is 2.75. The second-order valence-corrected chi connectivity index (χ2v) is 45.0. The molecule has 16 saturated carbocycles. The Morgan fingerprint density at radius 3 is 0.920 bits per heavy atom. The van der Waals surface area contributed by atoms with Gasteiger partial charge in [-0.3, -0.25) is 0 Å². The number of nitrogens with zero attached hydrogens (tertiary/aromatic N) is 2. The minimum absolute atomic E-state index is 0. The van der Waals surface area contributed by atoms with Crippen molar-refractivity contribution < 1.29 is 9.31 Å². The summed E-state index contributed by atoms with van der Waals surface area (Å²) in [6.07, 6.45) is 28.7. The van der Waals surface area contributed by atoms with Crippen LogP contribution in [-0.4, -0.2) is 27.5 Å². The number of hydrogen-bond donors (Lipinski definition) is 0. The lowest BCUT2D eigenvalue weighted by molar-refractivity contribution is -0.0399. The Hall–Kier alpha value is -9.49. The summed E-state index contributed by atoms with van der Waals surface area (Å²) in [5.74, 6) is 13.9. The topological polar surface area (TPSA) is 28.3 Å². The van der Waals surface area contributed by atoms with Gasteiger partial charge in [-0.25, -0.2) is 0 Å². The van der Waals surface area contributed by atoms with E-state index in [1.54, 1.807) is 44.5 Å². The number of para-hydroxylation sites is 2.